The van der Waals surface area contributed by atoms with Crippen molar-refractivity contribution in [2.24, 2.45) is 5.73 Å². The van der Waals surface area contributed by atoms with Crippen molar-refractivity contribution >= 4 is 28.5 Å². The largest absolute Gasteiger partial charge is 0.461 e. The highest BCUT2D eigenvalue weighted by Crippen LogP contribution is 2.21. The zero-order valence-corrected chi connectivity index (χ0v) is 14.5. The number of hydrogen-bond donors (Lipinski definition) is 3. The van der Waals surface area contributed by atoms with Gasteiger partial charge in [-0.15, -0.1) is 0 Å². The van der Waals surface area contributed by atoms with Gasteiger partial charge in [-0.25, -0.2) is 4.79 Å². The Bertz CT molecular complexity index is 918. The Hall–Kier alpha value is -3.12. The second-order valence-electron chi connectivity index (χ2n) is 5.99. The molecular weight excluding hydrogens is 330 g/mol. The van der Waals surface area contributed by atoms with Gasteiger partial charge in [0.15, 0.2) is 0 Å². The number of aromatic nitrogens is 1. The van der Waals surface area contributed by atoms with Crippen LogP contribution in [0.5, 0.6) is 0 Å². The Kier molecular flexibility index (Phi) is 5.34. The van der Waals surface area contributed by atoms with Crippen LogP contribution < -0.4 is 11.1 Å². The summed E-state index contributed by atoms with van der Waals surface area (Å²) in [6.45, 7) is 2.07. The highest BCUT2D eigenvalue weighted by atomic mass is 16.5. The monoisotopic (exact) mass is 351 g/mol. The number of benzene rings is 2. The van der Waals surface area contributed by atoms with Crippen LogP contribution in [-0.4, -0.2) is 29.5 Å². The molecule has 1 heterocycles. The first-order valence-corrected chi connectivity index (χ1v) is 8.47. The maximum atomic E-state index is 12.3. The molecule has 0 fully saturated rings. The molecular formula is C20H21N3O3. The number of aromatic amines is 1. The van der Waals surface area contributed by atoms with E-state index in [0.717, 1.165) is 16.5 Å². The molecule has 0 aliphatic rings. The molecule has 0 saturated heterocycles. The molecule has 26 heavy (non-hydrogen) atoms. The quantitative estimate of drug-likeness (QED) is 0.595. The summed E-state index contributed by atoms with van der Waals surface area (Å²) in [5.41, 5.74) is 8.81. The lowest BCUT2D eigenvalue weighted by Crippen LogP contribution is -2.37. The number of carbonyl (C=O) groups excluding carboxylic acids is 2. The highest BCUT2D eigenvalue weighted by molar-refractivity contribution is 5.99. The fraction of sp³-hybridized carbons (Fsp3) is 0.200. The summed E-state index contributed by atoms with van der Waals surface area (Å²) in [6, 6.07) is 16.1. The van der Waals surface area contributed by atoms with Crippen LogP contribution in [0.4, 0.5) is 5.69 Å². The number of anilines is 1. The fourth-order valence-corrected chi connectivity index (χ4v) is 2.72. The van der Waals surface area contributed by atoms with E-state index in [-0.39, 0.29) is 5.91 Å². The third kappa shape index (κ3) is 4.10. The molecule has 3 aromatic rings. The van der Waals surface area contributed by atoms with Gasteiger partial charge in [-0.1, -0.05) is 30.3 Å². The van der Waals surface area contributed by atoms with Gasteiger partial charge in [0.05, 0.1) is 12.6 Å². The number of ether oxygens (including phenoxy) is 1. The van der Waals surface area contributed by atoms with Gasteiger partial charge >= 0.3 is 5.97 Å². The Labute approximate surface area is 151 Å². The van der Waals surface area contributed by atoms with Crippen molar-refractivity contribution in [3.63, 3.8) is 0 Å². The topological polar surface area (TPSA) is 97.2 Å². The van der Waals surface area contributed by atoms with E-state index in [0.29, 0.717) is 24.4 Å². The van der Waals surface area contributed by atoms with Crippen LogP contribution >= 0.6 is 0 Å². The van der Waals surface area contributed by atoms with Gasteiger partial charge in [0, 0.05) is 16.6 Å². The fourth-order valence-electron chi connectivity index (χ4n) is 2.72. The summed E-state index contributed by atoms with van der Waals surface area (Å²) in [5, 5.41) is 3.63. The molecule has 1 amide bonds. The summed E-state index contributed by atoms with van der Waals surface area (Å²) >= 11 is 0. The standard InChI is InChI=1S/C20H21N3O3/c1-2-26-20(25)18-12-14-11-15(8-9-17(14)23-18)22-19(24)16(21)10-13-6-4-3-5-7-13/h3-9,11-12,16,23H,2,10,21H2,1H3,(H,22,24)/t16-/m0/s1. The lowest BCUT2D eigenvalue weighted by Gasteiger charge is -2.12. The lowest BCUT2D eigenvalue weighted by atomic mass is 10.1. The van der Waals surface area contributed by atoms with Crippen molar-refractivity contribution in [3.05, 3.63) is 65.9 Å². The molecule has 0 aliphatic heterocycles. The third-order valence-corrected chi connectivity index (χ3v) is 4.02. The number of H-pyrrole nitrogens is 1. The normalized spacial score (nSPS) is 11.9. The van der Waals surface area contributed by atoms with Crippen LogP contribution in [0.3, 0.4) is 0 Å². The minimum absolute atomic E-state index is 0.255. The minimum Gasteiger partial charge on any atom is -0.461 e. The molecule has 0 aliphatic carbocycles. The van der Waals surface area contributed by atoms with E-state index < -0.39 is 12.0 Å². The number of amides is 1. The van der Waals surface area contributed by atoms with E-state index in [2.05, 4.69) is 10.3 Å². The zero-order valence-electron chi connectivity index (χ0n) is 14.5. The van der Waals surface area contributed by atoms with Crippen molar-refractivity contribution in [1.29, 1.82) is 0 Å². The van der Waals surface area contributed by atoms with Crippen LogP contribution in [0.1, 0.15) is 23.0 Å². The molecule has 0 saturated carbocycles. The van der Waals surface area contributed by atoms with Crippen LogP contribution in [0.2, 0.25) is 0 Å². The summed E-state index contributed by atoms with van der Waals surface area (Å²) in [7, 11) is 0. The van der Waals surface area contributed by atoms with Crippen LogP contribution in [0, 0.1) is 0 Å². The zero-order chi connectivity index (χ0) is 18.5. The Balaban J connectivity index is 1.70. The van der Waals surface area contributed by atoms with Gasteiger partial charge in [-0.05, 0) is 43.2 Å². The number of esters is 1. The van der Waals surface area contributed by atoms with Crippen molar-refractivity contribution < 1.29 is 14.3 Å². The van der Waals surface area contributed by atoms with Gasteiger partial charge in [0.1, 0.15) is 5.69 Å². The maximum Gasteiger partial charge on any atom is 0.354 e. The summed E-state index contributed by atoms with van der Waals surface area (Å²) in [5.74, 6) is -0.659. The number of carbonyl (C=O) groups is 2. The molecule has 1 aromatic heterocycles. The van der Waals surface area contributed by atoms with E-state index in [9.17, 15) is 9.59 Å². The van der Waals surface area contributed by atoms with E-state index >= 15 is 0 Å². The van der Waals surface area contributed by atoms with Gasteiger partial charge in [-0.2, -0.15) is 0 Å². The van der Waals surface area contributed by atoms with Crippen LogP contribution in [0.25, 0.3) is 10.9 Å². The number of nitrogens with two attached hydrogens (primary N) is 1. The van der Waals surface area contributed by atoms with Gasteiger partial charge in [-0.3, -0.25) is 4.79 Å². The molecule has 134 valence electrons. The molecule has 3 rings (SSSR count). The molecule has 1 atom stereocenters. The first kappa shape index (κ1) is 17.7. The number of nitrogens with one attached hydrogen (secondary N) is 2. The van der Waals surface area contributed by atoms with Crippen molar-refractivity contribution in [1.82, 2.24) is 4.98 Å². The molecule has 0 spiro atoms. The Morgan fingerprint density at radius 2 is 1.92 bits per heavy atom. The Morgan fingerprint density at radius 1 is 1.15 bits per heavy atom. The first-order valence-electron chi connectivity index (χ1n) is 8.47. The number of fused-ring (bicyclic) bond motifs is 1. The van der Waals surface area contributed by atoms with Gasteiger partial charge < -0.3 is 20.8 Å². The molecule has 4 N–H and O–H groups in total. The summed E-state index contributed by atoms with van der Waals surface area (Å²) in [4.78, 5) is 27.1. The smallest absolute Gasteiger partial charge is 0.354 e. The lowest BCUT2D eigenvalue weighted by molar-refractivity contribution is -0.117. The van der Waals surface area contributed by atoms with Crippen molar-refractivity contribution in [2.45, 2.75) is 19.4 Å². The Morgan fingerprint density at radius 3 is 2.65 bits per heavy atom. The molecule has 6 nitrogen and oxygen atoms in total. The predicted molar refractivity (Wildman–Crippen MR) is 101 cm³/mol. The third-order valence-electron chi connectivity index (χ3n) is 4.02. The second-order valence-corrected chi connectivity index (χ2v) is 5.99. The maximum absolute atomic E-state index is 12.3. The molecule has 2 aromatic carbocycles. The summed E-state index contributed by atoms with van der Waals surface area (Å²) in [6.07, 6.45) is 0.464. The van der Waals surface area contributed by atoms with Crippen molar-refractivity contribution in [2.75, 3.05) is 11.9 Å². The van der Waals surface area contributed by atoms with Crippen LogP contribution in [-0.2, 0) is 16.0 Å². The number of rotatable bonds is 6. The van der Waals surface area contributed by atoms with E-state index in [1.54, 1.807) is 31.2 Å². The molecule has 6 heteroatoms. The van der Waals surface area contributed by atoms with E-state index in [1.807, 2.05) is 30.3 Å². The first-order chi connectivity index (χ1) is 12.6. The summed E-state index contributed by atoms with van der Waals surface area (Å²) < 4.78 is 4.98. The minimum atomic E-state index is -0.644. The predicted octanol–water partition coefficient (Wildman–Crippen LogP) is 2.85. The second kappa shape index (κ2) is 7.84. The van der Waals surface area contributed by atoms with E-state index in [1.165, 1.54) is 0 Å². The van der Waals surface area contributed by atoms with E-state index in [4.69, 9.17) is 10.5 Å². The van der Waals surface area contributed by atoms with Gasteiger partial charge in [0.25, 0.3) is 0 Å². The molecule has 0 bridgehead atoms. The molecule has 0 unspecified atom stereocenters. The number of hydrogen-bond acceptors (Lipinski definition) is 4. The highest BCUT2D eigenvalue weighted by Gasteiger charge is 2.15. The average molecular weight is 351 g/mol. The van der Waals surface area contributed by atoms with Gasteiger partial charge in [0.2, 0.25) is 5.91 Å². The average Bonchev–Trinajstić information content (AvgIpc) is 3.06. The molecule has 0 radical (unpaired) electrons. The van der Waals surface area contributed by atoms with Crippen LogP contribution in [0.15, 0.2) is 54.6 Å². The SMILES string of the molecule is CCOC(=O)c1cc2cc(NC(=O)[C@@H](N)Cc3ccccc3)ccc2[nH]1. The van der Waals surface area contributed by atoms with Crippen molar-refractivity contribution in [3.8, 4) is 0 Å².